The van der Waals surface area contributed by atoms with Gasteiger partial charge in [0, 0.05) is 12.2 Å². The number of carbonyl (C=O) groups excluding carboxylic acids is 1. The number of amides is 1. The molecule has 0 aliphatic heterocycles. The molecule has 4 nitrogen and oxygen atoms in total. The van der Waals surface area contributed by atoms with Gasteiger partial charge in [-0.3, -0.25) is 4.79 Å². The molecule has 0 aliphatic rings. The van der Waals surface area contributed by atoms with Gasteiger partial charge in [-0.2, -0.15) is 0 Å². The van der Waals surface area contributed by atoms with Gasteiger partial charge in [-0.05, 0) is 38.1 Å². The minimum absolute atomic E-state index is 0.0521. The van der Waals surface area contributed by atoms with Gasteiger partial charge in [0.15, 0.2) is 0 Å². The second-order valence-corrected chi connectivity index (χ2v) is 3.86. The molecule has 1 unspecified atom stereocenters. The number of carbonyl (C=O) groups is 1. The molecule has 1 amide bonds. The molecule has 1 aromatic rings. The zero-order valence-corrected chi connectivity index (χ0v) is 10.9. The number of hydrogen-bond acceptors (Lipinski definition) is 3. The number of nitrogens with one attached hydrogen (secondary N) is 2. The summed E-state index contributed by atoms with van der Waals surface area (Å²) in [5, 5.41) is 5.86. The molecular weight excluding hydrogens is 228 g/mol. The van der Waals surface area contributed by atoms with Crippen LogP contribution in [0.15, 0.2) is 36.9 Å². The van der Waals surface area contributed by atoms with Crippen molar-refractivity contribution in [1.29, 1.82) is 0 Å². The molecule has 1 rings (SSSR count). The van der Waals surface area contributed by atoms with Gasteiger partial charge in [-0.1, -0.05) is 6.08 Å². The van der Waals surface area contributed by atoms with Crippen molar-refractivity contribution in [1.82, 2.24) is 5.32 Å². The van der Waals surface area contributed by atoms with E-state index < -0.39 is 0 Å². The van der Waals surface area contributed by atoms with E-state index in [0.717, 1.165) is 11.4 Å². The van der Waals surface area contributed by atoms with Crippen LogP contribution >= 0.6 is 0 Å². The maximum absolute atomic E-state index is 11.6. The Balaban J connectivity index is 2.50. The minimum Gasteiger partial charge on any atom is -0.494 e. The molecule has 0 saturated carbocycles. The van der Waals surface area contributed by atoms with Crippen LogP contribution in [0.3, 0.4) is 0 Å². The van der Waals surface area contributed by atoms with Crippen LogP contribution in [0.1, 0.15) is 13.8 Å². The summed E-state index contributed by atoms with van der Waals surface area (Å²) in [5.74, 6) is 0.774. The SMILES string of the molecule is C=CCNC(=O)C(C)Nc1ccc(OCC)cc1. The molecule has 0 spiro atoms. The molecule has 0 radical (unpaired) electrons. The fourth-order valence-electron chi connectivity index (χ4n) is 1.46. The normalized spacial score (nSPS) is 11.4. The fourth-order valence-corrected chi connectivity index (χ4v) is 1.46. The largest absolute Gasteiger partial charge is 0.494 e. The summed E-state index contributed by atoms with van der Waals surface area (Å²) in [6, 6.07) is 7.24. The molecule has 4 heteroatoms. The molecule has 0 heterocycles. The average molecular weight is 248 g/mol. The molecule has 0 saturated heterocycles. The van der Waals surface area contributed by atoms with Crippen LogP contribution in [0.4, 0.5) is 5.69 Å². The monoisotopic (exact) mass is 248 g/mol. The van der Waals surface area contributed by atoms with E-state index in [-0.39, 0.29) is 11.9 Å². The van der Waals surface area contributed by atoms with E-state index in [1.165, 1.54) is 0 Å². The Kier molecular flexibility index (Phi) is 5.77. The van der Waals surface area contributed by atoms with Crippen LogP contribution in [0.2, 0.25) is 0 Å². The quantitative estimate of drug-likeness (QED) is 0.727. The highest BCUT2D eigenvalue weighted by Gasteiger charge is 2.10. The van der Waals surface area contributed by atoms with E-state index in [2.05, 4.69) is 17.2 Å². The summed E-state index contributed by atoms with van der Waals surface area (Å²) in [5.41, 5.74) is 0.889. The molecule has 0 aromatic heterocycles. The number of hydrogen-bond donors (Lipinski definition) is 2. The lowest BCUT2D eigenvalue weighted by molar-refractivity contribution is -0.121. The minimum atomic E-state index is -0.289. The Labute approximate surface area is 108 Å². The van der Waals surface area contributed by atoms with Crippen LogP contribution in [-0.2, 0) is 4.79 Å². The van der Waals surface area contributed by atoms with E-state index in [1.807, 2.05) is 38.1 Å². The van der Waals surface area contributed by atoms with Crippen LogP contribution in [0.5, 0.6) is 5.75 Å². The number of rotatable bonds is 7. The summed E-state index contributed by atoms with van der Waals surface area (Å²) in [7, 11) is 0. The van der Waals surface area contributed by atoms with Gasteiger partial charge < -0.3 is 15.4 Å². The second kappa shape index (κ2) is 7.37. The summed E-state index contributed by atoms with van der Waals surface area (Å²) in [6.07, 6.45) is 1.65. The third-order valence-corrected chi connectivity index (χ3v) is 2.36. The van der Waals surface area contributed by atoms with Crippen molar-refractivity contribution >= 4 is 11.6 Å². The first-order valence-electron chi connectivity index (χ1n) is 6.05. The van der Waals surface area contributed by atoms with Crippen molar-refractivity contribution in [2.24, 2.45) is 0 Å². The zero-order valence-electron chi connectivity index (χ0n) is 10.9. The molecule has 98 valence electrons. The first-order chi connectivity index (χ1) is 8.67. The summed E-state index contributed by atoms with van der Waals surface area (Å²) in [4.78, 5) is 11.6. The lowest BCUT2D eigenvalue weighted by Gasteiger charge is -2.15. The van der Waals surface area contributed by atoms with Gasteiger partial charge in [-0.25, -0.2) is 0 Å². The standard InChI is InChI=1S/C14H20N2O2/c1-4-10-15-14(17)11(3)16-12-6-8-13(9-7-12)18-5-2/h4,6-9,11,16H,1,5,10H2,2-3H3,(H,15,17). The highest BCUT2D eigenvalue weighted by Crippen LogP contribution is 2.16. The van der Waals surface area contributed by atoms with Crippen LogP contribution in [-0.4, -0.2) is 25.1 Å². The Morgan fingerprint density at radius 2 is 2.11 bits per heavy atom. The molecule has 2 N–H and O–H groups in total. The van der Waals surface area contributed by atoms with E-state index >= 15 is 0 Å². The molecule has 0 fully saturated rings. The topological polar surface area (TPSA) is 50.4 Å². The van der Waals surface area contributed by atoms with Gasteiger partial charge in [0.1, 0.15) is 11.8 Å². The van der Waals surface area contributed by atoms with Crippen LogP contribution < -0.4 is 15.4 Å². The lowest BCUT2D eigenvalue weighted by Crippen LogP contribution is -2.37. The Morgan fingerprint density at radius 3 is 2.67 bits per heavy atom. The summed E-state index contributed by atoms with van der Waals surface area (Å²) in [6.45, 7) is 8.44. The van der Waals surface area contributed by atoms with Crippen LogP contribution in [0, 0.1) is 0 Å². The van der Waals surface area contributed by atoms with Gasteiger partial charge >= 0.3 is 0 Å². The van der Waals surface area contributed by atoms with Crippen LogP contribution in [0.25, 0.3) is 0 Å². The Morgan fingerprint density at radius 1 is 1.44 bits per heavy atom. The third-order valence-electron chi connectivity index (χ3n) is 2.36. The maximum Gasteiger partial charge on any atom is 0.242 e. The third kappa shape index (κ3) is 4.49. The van der Waals surface area contributed by atoms with Gasteiger partial charge in [-0.15, -0.1) is 6.58 Å². The highest BCUT2D eigenvalue weighted by molar-refractivity contribution is 5.84. The van der Waals surface area contributed by atoms with Crippen molar-refractivity contribution in [2.45, 2.75) is 19.9 Å². The van der Waals surface area contributed by atoms with Crippen molar-refractivity contribution in [3.8, 4) is 5.75 Å². The second-order valence-electron chi connectivity index (χ2n) is 3.86. The molecule has 0 bridgehead atoms. The van der Waals surface area contributed by atoms with Crippen molar-refractivity contribution in [3.05, 3.63) is 36.9 Å². The van der Waals surface area contributed by atoms with E-state index in [4.69, 9.17) is 4.74 Å². The predicted octanol–water partition coefficient (Wildman–Crippen LogP) is 2.19. The first-order valence-corrected chi connectivity index (χ1v) is 6.05. The number of benzene rings is 1. The Bertz CT molecular complexity index is 387. The van der Waals surface area contributed by atoms with Gasteiger partial charge in [0.2, 0.25) is 5.91 Å². The molecule has 1 aromatic carbocycles. The summed E-state index contributed by atoms with van der Waals surface area (Å²) >= 11 is 0. The summed E-state index contributed by atoms with van der Waals surface area (Å²) < 4.78 is 5.35. The number of ether oxygens (including phenoxy) is 1. The smallest absolute Gasteiger partial charge is 0.242 e. The molecular formula is C14H20N2O2. The Hall–Kier alpha value is -1.97. The van der Waals surface area contributed by atoms with Crippen molar-refractivity contribution in [3.63, 3.8) is 0 Å². The zero-order chi connectivity index (χ0) is 13.4. The van der Waals surface area contributed by atoms with E-state index in [1.54, 1.807) is 6.08 Å². The van der Waals surface area contributed by atoms with Crippen molar-refractivity contribution < 1.29 is 9.53 Å². The molecule has 18 heavy (non-hydrogen) atoms. The van der Waals surface area contributed by atoms with Gasteiger partial charge in [0.25, 0.3) is 0 Å². The number of anilines is 1. The highest BCUT2D eigenvalue weighted by atomic mass is 16.5. The predicted molar refractivity (Wildman–Crippen MR) is 73.9 cm³/mol. The van der Waals surface area contributed by atoms with E-state index in [9.17, 15) is 4.79 Å². The molecule has 1 atom stereocenters. The van der Waals surface area contributed by atoms with E-state index in [0.29, 0.717) is 13.2 Å². The van der Waals surface area contributed by atoms with Crippen molar-refractivity contribution in [2.75, 3.05) is 18.5 Å². The molecule has 0 aliphatic carbocycles. The lowest BCUT2D eigenvalue weighted by atomic mass is 10.2. The average Bonchev–Trinajstić information content (AvgIpc) is 2.38. The fraction of sp³-hybridized carbons (Fsp3) is 0.357. The van der Waals surface area contributed by atoms with Gasteiger partial charge in [0.05, 0.1) is 6.61 Å². The first kappa shape index (κ1) is 14.1. The maximum atomic E-state index is 11.6.